The second kappa shape index (κ2) is 34.9. The molecule has 0 aliphatic heterocycles. The fourth-order valence-corrected chi connectivity index (χ4v) is 34.3. The quantitative estimate of drug-likeness (QED) is 0.0645. The highest BCUT2D eigenvalue weighted by atomic mass is 35.5. The lowest BCUT2D eigenvalue weighted by Gasteiger charge is -2.57. The van der Waals surface area contributed by atoms with Crippen LogP contribution in [0.4, 0.5) is 8.78 Å². The van der Waals surface area contributed by atoms with Crippen molar-refractivity contribution >= 4 is 11.6 Å². The molecule has 20 heteroatoms. The van der Waals surface area contributed by atoms with Gasteiger partial charge in [-0.2, -0.15) is 60.0 Å². The molecule has 0 spiro atoms. The Kier molecular flexibility index (Phi) is 25.0. The fourth-order valence-electron chi connectivity index (χ4n) is 34.2. The standard InChI is InChI=1S/C28H39N3O.C25H34ClN3O.C25H39N3O2.C24H35F2N3O/c1-19(18-31-29-15-16-30-31)25-7-8-26-24-6-5-21-17-28(32,13-9-20-3-4-20)14-11-22(21)23(24)10-12-27(25,26)2;1-17(16-29-27-13-14-28-29)22-5-6-23-21-4-3-18-15-25(30,11-12-26)10-8-19(18)20(21)7-9-24(22,23)2;1-17(15-28-26-12-13-27-28)22-6-7-23-21-5-4-18-14-25(29,16-30-3)11-9-19(18)20(21)8-10-24(22,23)2;1-15(14-29-27-11-12-28-29)20-5-6-21-19-4-3-16-13-24(30,22(25)26)10-8-17(16)18(19)7-9-23(20,21)2/h15-16,20-26,32H,1,3-8,10-12,14,17-18H2,2H3;13-14,18-23,30H,1,3-10,15-16H2,2H3;12-13,18-23,29H,1,4-11,14-16H2,2-3H3;11-12,16-22,30H,1,3-10,13-14H2,2H3/t21-,22-,23+,24+,25+,26-,27+,28-;18-,19-,20+,21+,22+,23-,24+,25+;18-,19-,20+,21+,22+,23-,24+,25-;16-,17-,18+,19+,20+,21-,23+,24-/m0000/s1. The smallest absolute Gasteiger partial charge is 0.266 e. The molecule has 4 heterocycles. The molecular weight excluding hydrogens is 1550 g/mol. The Bertz CT molecular complexity index is 4440. The molecule has 32 atom stereocenters. The van der Waals surface area contributed by atoms with Crippen molar-refractivity contribution in [2.75, 3.05) is 13.7 Å². The van der Waals surface area contributed by atoms with Crippen LogP contribution in [-0.4, -0.2) is 123 Å². The number of aromatic nitrogens is 12. The third kappa shape index (κ3) is 16.7. The van der Waals surface area contributed by atoms with E-state index in [1.807, 2.05) is 0 Å². The third-order valence-electron chi connectivity index (χ3n) is 39.6. The summed E-state index contributed by atoms with van der Waals surface area (Å²) < 4.78 is 32.2. The molecule has 17 nitrogen and oxygen atoms in total. The summed E-state index contributed by atoms with van der Waals surface area (Å²) >= 11 is 5.63. The molecule has 17 fully saturated rings. The molecule has 4 aromatic rings. The summed E-state index contributed by atoms with van der Waals surface area (Å²) in [6.07, 6.45) is 54.8. The summed E-state index contributed by atoms with van der Waals surface area (Å²) in [6, 6.07) is 0. The van der Waals surface area contributed by atoms with Crippen LogP contribution < -0.4 is 0 Å². The minimum atomic E-state index is -2.61. The van der Waals surface area contributed by atoms with Crippen LogP contribution in [-0.2, 0) is 30.9 Å². The van der Waals surface area contributed by atoms with E-state index in [-0.39, 0.29) is 17.8 Å². The molecule has 0 amide bonds. The number of fused-ring (bicyclic) bond motifs is 20. The predicted molar refractivity (Wildman–Crippen MR) is 471 cm³/mol. The van der Waals surface area contributed by atoms with Crippen molar-refractivity contribution in [2.45, 2.75) is 327 Å². The fraction of sp³-hybridized carbons (Fsp3) is 0.804. The first-order valence-electron chi connectivity index (χ1n) is 49.0. The maximum atomic E-state index is 13.4. The number of hydrogen-bond donors (Lipinski definition) is 4. The lowest BCUT2D eigenvalue weighted by atomic mass is 9.48. The van der Waals surface area contributed by atoms with E-state index in [4.69, 9.17) is 16.3 Å². The molecular formula is C102H147ClF2N12O5. The van der Waals surface area contributed by atoms with Crippen molar-refractivity contribution in [3.8, 4) is 23.1 Å². The molecule has 17 aliphatic rings. The number of halogens is 3. The summed E-state index contributed by atoms with van der Waals surface area (Å²) in [4.78, 5) is 7.11. The van der Waals surface area contributed by atoms with Crippen LogP contribution in [0.3, 0.4) is 0 Å². The second-order valence-electron chi connectivity index (χ2n) is 45.2. The Morgan fingerprint density at radius 1 is 0.369 bits per heavy atom. The van der Waals surface area contributed by atoms with Gasteiger partial charge in [0, 0.05) is 18.4 Å². The Labute approximate surface area is 732 Å². The summed E-state index contributed by atoms with van der Waals surface area (Å²) in [6.45, 7) is 31.6. The van der Waals surface area contributed by atoms with E-state index < -0.39 is 28.8 Å². The zero-order chi connectivity index (χ0) is 84.9. The van der Waals surface area contributed by atoms with Crippen molar-refractivity contribution in [2.24, 2.45) is 170 Å². The summed E-state index contributed by atoms with van der Waals surface area (Å²) in [7, 11) is 1.72. The number of alkyl halides is 2. The molecule has 17 saturated carbocycles. The number of hydrogen-bond acceptors (Lipinski definition) is 13. The SMILES string of the molecule is C=C(Cn1nccn1)[C@H]1CC[C@H]2[C@@H]3CC[C@H]4C[C@](O)(C#CC5CC5)CC[C@@H]4[C@H]3CC[C@]12C.C=C(Cn1nccn1)[C@H]1CC[C@H]2[C@@H]3CC[C@H]4C[C@](O)(C#CCl)CC[C@@H]4[C@H]3CC[C@]12C.C=C(Cn1nccn1)[C@H]1CC[C@H]2[C@@H]3CC[C@H]4C[C@](O)(C(F)F)CC[C@@H]4[C@H]3CC[C@]12C.C=C(Cn1nccn1)[C@H]1CC[C@H]2[C@@H]3CC[C@H]4C[C@](O)(COC)CC[C@@H]4[C@H]3CC[C@]12C. The van der Waals surface area contributed by atoms with Gasteiger partial charge in [-0.3, -0.25) is 0 Å². The number of rotatable bonds is 15. The van der Waals surface area contributed by atoms with Gasteiger partial charge in [0.1, 0.15) is 16.8 Å². The van der Waals surface area contributed by atoms with E-state index in [9.17, 15) is 29.2 Å². The summed E-state index contributed by atoms with van der Waals surface area (Å²) in [5.74, 6) is 27.4. The average Bonchev–Trinajstić information content (AvgIpc) is 1.49. The molecule has 0 radical (unpaired) electrons. The highest BCUT2D eigenvalue weighted by molar-refractivity contribution is 6.30. The van der Waals surface area contributed by atoms with E-state index in [0.717, 1.165) is 155 Å². The predicted octanol–water partition coefficient (Wildman–Crippen LogP) is 19.9. The van der Waals surface area contributed by atoms with Gasteiger partial charge in [0.25, 0.3) is 6.43 Å². The Hall–Kier alpha value is -5.41. The number of aliphatic hydroxyl groups is 4. The first-order valence-corrected chi connectivity index (χ1v) is 49.4. The van der Waals surface area contributed by atoms with Crippen molar-refractivity contribution in [3.63, 3.8) is 0 Å². The average molecular weight is 1690 g/mol. The molecule has 666 valence electrons. The highest BCUT2D eigenvalue weighted by Gasteiger charge is 2.64. The first kappa shape index (κ1) is 87.3. The molecule has 0 saturated heterocycles. The van der Waals surface area contributed by atoms with Crippen molar-refractivity contribution in [1.82, 2.24) is 60.0 Å². The Balaban J connectivity index is 0.000000111. The molecule has 122 heavy (non-hydrogen) atoms. The minimum Gasteiger partial charge on any atom is -0.387 e. The number of nitrogens with zero attached hydrogens (tertiary/aromatic N) is 12. The zero-order valence-corrected chi connectivity index (χ0v) is 75.3. The Morgan fingerprint density at radius 2 is 0.664 bits per heavy atom. The summed E-state index contributed by atoms with van der Waals surface area (Å²) in [5, 5.41) is 80.2. The molecule has 0 aromatic carbocycles. The molecule has 0 bridgehead atoms. The topological polar surface area (TPSA) is 213 Å². The highest BCUT2D eigenvalue weighted by Crippen LogP contribution is 2.71. The van der Waals surface area contributed by atoms with E-state index in [1.165, 1.54) is 189 Å². The number of methoxy groups -OCH3 is 1. The normalized spacial score (nSPS) is 45.3. The van der Waals surface area contributed by atoms with Crippen LogP contribution in [0.1, 0.15) is 272 Å². The number of ether oxygens (including phenoxy) is 1. The third-order valence-corrected chi connectivity index (χ3v) is 39.7. The maximum Gasteiger partial charge on any atom is 0.266 e. The van der Waals surface area contributed by atoms with Gasteiger partial charge in [-0.05, 0) is 419 Å². The van der Waals surface area contributed by atoms with Crippen LogP contribution in [0.25, 0.3) is 0 Å². The largest absolute Gasteiger partial charge is 0.387 e. The van der Waals surface area contributed by atoms with Crippen molar-refractivity contribution in [3.05, 3.63) is 98.2 Å². The van der Waals surface area contributed by atoms with E-state index in [0.29, 0.717) is 107 Å². The van der Waals surface area contributed by atoms with Gasteiger partial charge in [0.15, 0.2) is 0 Å². The van der Waals surface area contributed by atoms with Crippen LogP contribution in [0.15, 0.2) is 98.2 Å². The minimum absolute atomic E-state index is 0.271. The first-order chi connectivity index (χ1) is 58.6. The molecule has 0 unspecified atom stereocenters. The van der Waals surface area contributed by atoms with E-state index in [1.54, 1.807) is 75.9 Å². The maximum absolute atomic E-state index is 13.4. The van der Waals surface area contributed by atoms with Gasteiger partial charge < -0.3 is 25.2 Å². The van der Waals surface area contributed by atoms with Gasteiger partial charge in [-0.1, -0.05) is 94.1 Å². The van der Waals surface area contributed by atoms with Gasteiger partial charge in [0.05, 0.1) is 88.0 Å². The summed E-state index contributed by atoms with van der Waals surface area (Å²) in [5.41, 5.74) is 2.79. The van der Waals surface area contributed by atoms with E-state index in [2.05, 4.69) is 118 Å². The zero-order valence-electron chi connectivity index (χ0n) is 74.6. The van der Waals surface area contributed by atoms with E-state index >= 15 is 0 Å². The second-order valence-corrected chi connectivity index (χ2v) is 45.4. The molecule has 21 rings (SSSR count). The monoisotopic (exact) mass is 1690 g/mol. The van der Waals surface area contributed by atoms with Gasteiger partial charge in [-0.15, -0.1) is 0 Å². The van der Waals surface area contributed by atoms with Gasteiger partial charge >= 0.3 is 0 Å². The van der Waals surface area contributed by atoms with Crippen LogP contribution in [0.2, 0.25) is 0 Å². The lowest BCUT2D eigenvalue weighted by Crippen LogP contribution is -2.52. The lowest BCUT2D eigenvalue weighted by molar-refractivity contribution is -0.159. The molecule has 17 aliphatic carbocycles. The van der Waals surface area contributed by atoms with Crippen LogP contribution in [0, 0.1) is 193 Å². The van der Waals surface area contributed by atoms with Crippen LogP contribution in [0.5, 0.6) is 0 Å². The number of allylic oxidation sites excluding steroid dienone is 4. The van der Waals surface area contributed by atoms with Crippen LogP contribution >= 0.6 is 11.6 Å². The van der Waals surface area contributed by atoms with Crippen molar-refractivity contribution in [1.29, 1.82) is 0 Å². The Morgan fingerprint density at radius 3 is 0.975 bits per heavy atom. The molecule has 4 N–H and O–H groups in total. The van der Waals surface area contributed by atoms with Crippen molar-refractivity contribution < 1.29 is 33.9 Å². The van der Waals surface area contributed by atoms with Gasteiger partial charge in [-0.25, -0.2) is 8.78 Å². The molecule has 4 aromatic heterocycles. The van der Waals surface area contributed by atoms with Gasteiger partial charge in [0.2, 0.25) is 0 Å².